The maximum Gasteiger partial charge on any atom is 0.319 e. The molecule has 30 heavy (non-hydrogen) atoms. The number of aliphatic hydroxyl groups is 1. The Labute approximate surface area is 178 Å². The predicted molar refractivity (Wildman–Crippen MR) is 119 cm³/mol. The van der Waals surface area contributed by atoms with Crippen LogP contribution in [0.5, 0.6) is 5.75 Å². The number of fused-ring (bicyclic) bond motifs is 1. The number of ether oxygens (including phenoxy) is 1. The first-order chi connectivity index (χ1) is 14.7. The number of anilines is 2. The third-order valence-corrected chi connectivity index (χ3v) is 5.92. The molecular weight excluding hydrogens is 378 g/mol. The van der Waals surface area contributed by atoms with E-state index in [1.54, 1.807) is 0 Å². The minimum Gasteiger partial charge on any atom is -0.490 e. The van der Waals surface area contributed by atoms with Gasteiger partial charge in [0.15, 0.2) is 0 Å². The van der Waals surface area contributed by atoms with E-state index < -0.39 is 0 Å². The van der Waals surface area contributed by atoms with Crippen LogP contribution in [0.3, 0.4) is 0 Å². The van der Waals surface area contributed by atoms with E-state index in [2.05, 4.69) is 27.7 Å². The number of nitrogens with one attached hydrogen (secondary N) is 2. The lowest BCUT2D eigenvalue weighted by atomic mass is 9.88. The minimum atomic E-state index is -0.336. The number of piperidine rings is 1. The molecule has 1 atom stereocenters. The van der Waals surface area contributed by atoms with Crippen LogP contribution in [0.25, 0.3) is 0 Å². The first-order valence-corrected chi connectivity index (χ1v) is 11.0. The van der Waals surface area contributed by atoms with Gasteiger partial charge in [0.2, 0.25) is 0 Å². The van der Waals surface area contributed by atoms with Crippen molar-refractivity contribution in [3.8, 4) is 5.75 Å². The first-order valence-electron chi connectivity index (χ1n) is 11.0. The molecule has 2 aromatic rings. The van der Waals surface area contributed by atoms with E-state index in [0.717, 1.165) is 48.6 Å². The average molecular weight is 410 g/mol. The lowest BCUT2D eigenvalue weighted by molar-refractivity contribution is 0.159. The van der Waals surface area contributed by atoms with Crippen molar-refractivity contribution >= 4 is 17.4 Å². The normalized spacial score (nSPS) is 18.4. The molecule has 1 heterocycles. The van der Waals surface area contributed by atoms with Gasteiger partial charge in [-0.2, -0.15) is 0 Å². The Bertz CT molecular complexity index is 865. The largest absolute Gasteiger partial charge is 0.490 e. The summed E-state index contributed by atoms with van der Waals surface area (Å²) in [4.78, 5) is 14.7. The molecule has 1 aliphatic heterocycles. The lowest BCUT2D eigenvalue weighted by Crippen LogP contribution is -2.33. The number of para-hydroxylation sites is 2. The Balaban J connectivity index is 1.27. The summed E-state index contributed by atoms with van der Waals surface area (Å²) in [5.41, 5.74) is 4.16. The zero-order chi connectivity index (χ0) is 20.8. The van der Waals surface area contributed by atoms with Crippen LogP contribution in [0, 0.1) is 0 Å². The molecular formula is C24H31N3O3. The highest BCUT2D eigenvalue weighted by Crippen LogP contribution is 2.30. The number of carbonyl (C=O) groups is 1. The van der Waals surface area contributed by atoms with E-state index in [1.807, 2.05) is 30.3 Å². The second kappa shape index (κ2) is 9.85. The number of rotatable bonds is 6. The fourth-order valence-corrected chi connectivity index (χ4v) is 4.35. The van der Waals surface area contributed by atoms with Crippen LogP contribution in [0.4, 0.5) is 16.2 Å². The Kier molecular flexibility index (Phi) is 6.74. The number of urea groups is 1. The molecule has 0 bridgehead atoms. The van der Waals surface area contributed by atoms with Crippen molar-refractivity contribution < 1.29 is 14.6 Å². The van der Waals surface area contributed by atoms with E-state index >= 15 is 0 Å². The molecule has 2 aliphatic rings. The van der Waals surface area contributed by atoms with Crippen molar-refractivity contribution in [3.05, 3.63) is 53.6 Å². The monoisotopic (exact) mass is 409 g/mol. The van der Waals surface area contributed by atoms with Crippen LogP contribution in [0.1, 0.15) is 36.8 Å². The molecule has 1 saturated heterocycles. The number of benzene rings is 2. The van der Waals surface area contributed by atoms with Gasteiger partial charge >= 0.3 is 6.03 Å². The quantitative estimate of drug-likeness (QED) is 0.636. The summed E-state index contributed by atoms with van der Waals surface area (Å²) in [5.74, 6) is 0.868. The van der Waals surface area contributed by atoms with Crippen molar-refractivity contribution in [1.29, 1.82) is 0 Å². The van der Waals surface area contributed by atoms with Gasteiger partial charge in [0, 0.05) is 25.2 Å². The zero-order valence-electron chi connectivity index (χ0n) is 17.4. The number of hydrogen-bond acceptors (Lipinski definition) is 4. The predicted octanol–water partition coefficient (Wildman–Crippen LogP) is 3.73. The third kappa shape index (κ3) is 5.05. The minimum absolute atomic E-state index is 0.253. The Morgan fingerprint density at radius 3 is 2.80 bits per heavy atom. The maximum absolute atomic E-state index is 12.4. The highest BCUT2D eigenvalue weighted by Gasteiger charge is 2.20. The lowest BCUT2D eigenvalue weighted by Gasteiger charge is -2.30. The van der Waals surface area contributed by atoms with Crippen molar-refractivity contribution in [2.24, 2.45) is 0 Å². The highest BCUT2D eigenvalue weighted by atomic mass is 16.5. The van der Waals surface area contributed by atoms with Gasteiger partial charge < -0.3 is 25.4 Å². The van der Waals surface area contributed by atoms with Crippen LogP contribution in [-0.4, -0.2) is 43.5 Å². The highest BCUT2D eigenvalue weighted by molar-refractivity contribution is 5.90. The Morgan fingerprint density at radius 1 is 1.10 bits per heavy atom. The van der Waals surface area contributed by atoms with Gasteiger partial charge in [-0.25, -0.2) is 4.79 Å². The number of aryl methyl sites for hydroxylation is 1. The summed E-state index contributed by atoms with van der Waals surface area (Å²) in [5, 5.41) is 15.8. The van der Waals surface area contributed by atoms with Crippen molar-refractivity contribution in [3.63, 3.8) is 0 Å². The summed E-state index contributed by atoms with van der Waals surface area (Å²) in [6, 6.07) is 13.8. The fraction of sp³-hybridized carbons (Fsp3) is 0.458. The molecule has 2 amide bonds. The molecule has 0 aromatic heterocycles. The third-order valence-electron chi connectivity index (χ3n) is 5.92. The number of carbonyl (C=O) groups excluding carboxylic acids is 1. The van der Waals surface area contributed by atoms with E-state index in [4.69, 9.17) is 4.74 Å². The van der Waals surface area contributed by atoms with Gasteiger partial charge in [-0.05, 0) is 61.4 Å². The molecule has 160 valence electrons. The summed E-state index contributed by atoms with van der Waals surface area (Å²) in [7, 11) is 0. The fourth-order valence-electron chi connectivity index (χ4n) is 4.35. The molecule has 0 saturated carbocycles. The molecule has 0 radical (unpaired) electrons. The van der Waals surface area contributed by atoms with Gasteiger partial charge in [-0.3, -0.25) is 0 Å². The Morgan fingerprint density at radius 2 is 1.93 bits per heavy atom. The number of aliphatic hydroxyl groups excluding tert-OH is 1. The SMILES string of the molecule is O=C(NCCOc1ccccc1N1CCCCC1)Nc1cccc2c1CC(O)CC2. The maximum atomic E-state index is 12.4. The van der Waals surface area contributed by atoms with E-state index in [0.29, 0.717) is 19.6 Å². The Hall–Kier alpha value is -2.73. The number of hydrogen-bond donors (Lipinski definition) is 3. The molecule has 1 fully saturated rings. The van der Waals surface area contributed by atoms with Crippen LogP contribution in [0.2, 0.25) is 0 Å². The zero-order valence-corrected chi connectivity index (χ0v) is 17.4. The summed E-state index contributed by atoms with van der Waals surface area (Å²) >= 11 is 0. The topological polar surface area (TPSA) is 73.8 Å². The molecule has 0 spiro atoms. The van der Waals surface area contributed by atoms with E-state index in [-0.39, 0.29) is 12.1 Å². The van der Waals surface area contributed by atoms with Crippen LogP contribution in [-0.2, 0) is 12.8 Å². The molecule has 6 nitrogen and oxygen atoms in total. The van der Waals surface area contributed by atoms with Gasteiger partial charge in [-0.1, -0.05) is 24.3 Å². The van der Waals surface area contributed by atoms with Crippen molar-refractivity contribution in [2.45, 2.75) is 44.6 Å². The second-order valence-electron chi connectivity index (χ2n) is 8.08. The smallest absolute Gasteiger partial charge is 0.319 e. The van der Waals surface area contributed by atoms with Gasteiger partial charge in [0.1, 0.15) is 12.4 Å². The molecule has 1 aliphatic carbocycles. The first kappa shape index (κ1) is 20.5. The molecule has 1 unspecified atom stereocenters. The molecule has 4 rings (SSSR count). The summed E-state index contributed by atoms with van der Waals surface area (Å²) in [6.07, 6.45) is 5.60. The number of amides is 2. The molecule has 3 N–H and O–H groups in total. The van der Waals surface area contributed by atoms with Gasteiger partial charge in [0.25, 0.3) is 0 Å². The van der Waals surface area contributed by atoms with E-state index in [1.165, 1.54) is 24.8 Å². The molecule has 2 aromatic carbocycles. The van der Waals surface area contributed by atoms with Crippen LogP contribution >= 0.6 is 0 Å². The van der Waals surface area contributed by atoms with Crippen LogP contribution < -0.4 is 20.3 Å². The number of nitrogens with zero attached hydrogens (tertiary/aromatic N) is 1. The average Bonchev–Trinajstić information content (AvgIpc) is 2.78. The summed E-state index contributed by atoms with van der Waals surface area (Å²) in [6.45, 7) is 2.95. The molecule has 6 heteroatoms. The standard InChI is InChI=1S/C24H31N3O3/c28-19-12-11-18-7-6-8-21(20(18)17-19)26-24(29)25-13-16-30-23-10-3-2-9-22(23)27-14-4-1-5-15-27/h2-3,6-10,19,28H,1,4-5,11-17H2,(H2,25,26,29). The van der Waals surface area contributed by atoms with Gasteiger partial charge in [0.05, 0.1) is 18.3 Å². The van der Waals surface area contributed by atoms with Gasteiger partial charge in [-0.15, -0.1) is 0 Å². The van der Waals surface area contributed by atoms with Crippen molar-refractivity contribution in [1.82, 2.24) is 5.32 Å². The second-order valence-corrected chi connectivity index (χ2v) is 8.08. The van der Waals surface area contributed by atoms with Crippen LogP contribution in [0.15, 0.2) is 42.5 Å². The van der Waals surface area contributed by atoms with E-state index in [9.17, 15) is 9.90 Å². The summed E-state index contributed by atoms with van der Waals surface area (Å²) < 4.78 is 5.98. The van der Waals surface area contributed by atoms with Crippen molar-refractivity contribution in [2.75, 3.05) is 36.5 Å².